The van der Waals surface area contributed by atoms with Gasteiger partial charge in [-0.2, -0.15) is 13.2 Å². The van der Waals surface area contributed by atoms with E-state index in [9.17, 15) is 13.2 Å². The number of aryl methyl sites for hydroxylation is 2. The van der Waals surface area contributed by atoms with Crippen LogP contribution in [0.1, 0.15) is 28.1 Å². The Hall–Kier alpha value is -1.99. The molecule has 0 amide bonds. The van der Waals surface area contributed by atoms with E-state index in [4.69, 9.17) is 0 Å². The van der Waals surface area contributed by atoms with E-state index in [0.717, 1.165) is 58.4 Å². The molecule has 0 saturated carbocycles. The Labute approximate surface area is 170 Å². The molecule has 2 aromatic carbocycles. The van der Waals surface area contributed by atoms with Crippen LogP contribution in [0.5, 0.6) is 0 Å². The summed E-state index contributed by atoms with van der Waals surface area (Å²) >= 11 is 3.32. The second-order valence-electron chi connectivity index (χ2n) is 6.74. The lowest BCUT2D eigenvalue weighted by atomic mass is 10.0. The van der Waals surface area contributed by atoms with Crippen LogP contribution in [0.15, 0.2) is 47.4 Å². The summed E-state index contributed by atoms with van der Waals surface area (Å²) < 4.78 is 38.2. The number of rotatable bonds is 4. The number of hydrogen-bond acceptors (Lipinski definition) is 4. The van der Waals surface area contributed by atoms with Gasteiger partial charge in [-0.3, -0.25) is 0 Å². The smallest absolute Gasteiger partial charge is 0.385 e. The third-order valence-corrected chi connectivity index (χ3v) is 7.15. The van der Waals surface area contributed by atoms with Crippen LogP contribution in [0.4, 0.5) is 18.9 Å². The fourth-order valence-electron chi connectivity index (χ4n) is 3.18. The molecule has 0 aliphatic carbocycles. The Morgan fingerprint density at radius 3 is 2.68 bits per heavy atom. The van der Waals surface area contributed by atoms with Crippen LogP contribution in [-0.4, -0.2) is 11.5 Å². The molecule has 1 N–H and O–H groups in total. The Morgan fingerprint density at radius 1 is 1.14 bits per heavy atom. The first-order valence-electron chi connectivity index (χ1n) is 9.04. The fourth-order valence-corrected chi connectivity index (χ4v) is 5.35. The van der Waals surface area contributed by atoms with Gasteiger partial charge in [0.05, 0.1) is 11.3 Å². The van der Waals surface area contributed by atoms with Gasteiger partial charge in [-0.1, -0.05) is 12.1 Å². The molecule has 4 rings (SSSR count). The van der Waals surface area contributed by atoms with Crippen LogP contribution in [-0.2, 0) is 18.3 Å². The maximum atomic E-state index is 12.7. The number of thioether (sulfide) groups is 1. The van der Waals surface area contributed by atoms with Gasteiger partial charge in [0.2, 0.25) is 0 Å². The van der Waals surface area contributed by atoms with E-state index < -0.39 is 11.7 Å². The van der Waals surface area contributed by atoms with Crippen molar-refractivity contribution in [2.45, 2.75) is 36.6 Å². The zero-order chi connectivity index (χ0) is 19.7. The number of nitrogens with one attached hydrogen (secondary N) is 1. The lowest BCUT2D eigenvalue weighted by Crippen LogP contribution is -2.11. The van der Waals surface area contributed by atoms with Gasteiger partial charge in [-0.05, 0) is 55.7 Å². The molecule has 146 valence electrons. The molecule has 0 atom stereocenters. The standard InChI is InChI=1S/C21H19F3N2S2/c1-13-19(12-27-17-8-9-18-15(11-17)3-2-10-25-18)28-20(26-13)14-4-6-16(7-5-14)21(22,23)24/h4-9,11,25H,2-3,10,12H2,1H3. The molecule has 1 aromatic heterocycles. The highest BCUT2D eigenvalue weighted by Gasteiger charge is 2.30. The molecule has 1 aliphatic heterocycles. The van der Waals surface area contributed by atoms with Crippen molar-refractivity contribution in [2.24, 2.45) is 0 Å². The maximum Gasteiger partial charge on any atom is 0.416 e. The highest BCUT2D eigenvalue weighted by molar-refractivity contribution is 7.98. The molecule has 1 aliphatic rings. The zero-order valence-electron chi connectivity index (χ0n) is 15.3. The van der Waals surface area contributed by atoms with E-state index in [0.29, 0.717) is 0 Å². The summed E-state index contributed by atoms with van der Waals surface area (Å²) in [6, 6.07) is 11.7. The monoisotopic (exact) mass is 420 g/mol. The first-order valence-corrected chi connectivity index (χ1v) is 10.8. The lowest BCUT2D eigenvalue weighted by Gasteiger charge is -2.18. The average Bonchev–Trinajstić information content (AvgIpc) is 3.06. The van der Waals surface area contributed by atoms with E-state index in [2.05, 4.69) is 28.5 Å². The first kappa shape index (κ1) is 19.3. The van der Waals surface area contributed by atoms with Crippen LogP contribution in [0.25, 0.3) is 10.6 Å². The molecule has 7 heteroatoms. The number of anilines is 1. The van der Waals surface area contributed by atoms with Gasteiger partial charge in [-0.15, -0.1) is 23.1 Å². The zero-order valence-corrected chi connectivity index (χ0v) is 16.9. The van der Waals surface area contributed by atoms with Gasteiger partial charge in [0.1, 0.15) is 5.01 Å². The summed E-state index contributed by atoms with van der Waals surface area (Å²) in [5, 5.41) is 4.18. The van der Waals surface area contributed by atoms with E-state index in [1.807, 2.05) is 6.92 Å². The van der Waals surface area contributed by atoms with Gasteiger partial charge in [0.15, 0.2) is 0 Å². The molecule has 0 unspecified atom stereocenters. The molecule has 0 radical (unpaired) electrons. The largest absolute Gasteiger partial charge is 0.416 e. The third-order valence-electron chi connectivity index (χ3n) is 4.74. The molecule has 0 saturated heterocycles. The summed E-state index contributed by atoms with van der Waals surface area (Å²) in [7, 11) is 0. The molecule has 2 nitrogen and oxygen atoms in total. The second kappa shape index (κ2) is 7.79. The van der Waals surface area contributed by atoms with Gasteiger partial charge in [0, 0.05) is 33.3 Å². The predicted molar refractivity (Wildman–Crippen MR) is 110 cm³/mol. The van der Waals surface area contributed by atoms with Crippen LogP contribution in [0.3, 0.4) is 0 Å². The van der Waals surface area contributed by atoms with Crippen molar-refractivity contribution in [1.29, 1.82) is 0 Å². The van der Waals surface area contributed by atoms with Crippen LogP contribution in [0, 0.1) is 6.92 Å². The Balaban J connectivity index is 1.47. The van der Waals surface area contributed by atoms with Crippen molar-refractivity contribution in [3.63, 3.8) is 0 Å². The first-order chi connectivity index (χ1) is 13.4. The van der Waals surface area contributed by atoms with E-state index in [1.54, 1.807) is 23.1 Å². The molecule has 0 bridgehead atoms. The van der Waals surface area contributed by atoms with Crippen molar-refractivity contribution < 1.29 is 13.2 Å². The van der Waals surface area contributed by atoms with Crippen molar-refractivity contribution in [3.05, 3.63) is 64.2 Å². The minimum Gasteiger partial charge on any atom is -0.385 e. The molecule has 28 heavy (non-hydrogen) atoms. The summed E-state index contributed by atoms with van der Waals surface area (Å²) in [6.45, 7) is 2.99. The topological polar surface area (TPSA) is 24.9 Å². The minimum absolute atomic E-state index is 0.637. The number of thiazole rings is 1. The SMILES string of the molecule is Cc1nc(-c2ccc(C(F)(F)F)cc2)sc1CSc1ccc2c(c1)CCCN2. The third kappa shape index (κ3) is 4.20. The summed E-state index contributed by atoms with van der Waals surface area (Å²) in [5.74, 6) is 0.802. The second-order valence-corrected chi connectivity index (χ2v) is 8.87. The fraction of sp³-hybridized carbons (Fsp3) is 0.286. The van der Waals surface area contributed by atoms with E-state index >= 15 is 0 Å². The number of halogens is 3. The van der Waals surface area contributed by atoms with Crippen molar-refractivity contribution in [2.75, 3.05) is 11.9 Å². The molecule has 2 heterocycles. The van der Waals surface area contributed by atoms with Gasteiger partial charge < -0.3 is 5.32 Å². The average molecular weight is 421 g/mol. The summed E-state index contributed by atoms with van der Waals surface area (Å²) in [5.41, 5.74) is 3.61. The Morgan fingerprint density at radius 2 is 1.93 bits per heavy atom. The van der Waals surface area contributed by atoms with E-state index in [-0.39, 0.29) is 0 Å². The molecule has 0 spiro atoms. The minimum atomic E-state index is -4.32. The quantitative estimate of drug-likeness (QED) is 0.471. The lowest BCUT2D eigenvalue weighted by molar-refractivity contribution is -0.137. The molecular formula is C21H19F3N2S2. The number of nitrogens with zero attached hydrogens (tertiary/aromatic N) is 1. The molecule has 3 aromatic rings. The normalized spacial score (nSPS) is 13.9. The van der Waals surface area contributed by atoms with Crippen LogP contribution in [0.2, 0.25) is 0 Å². The number of aromatic nitrogens is 1. The van der Waals surface area contributed by atoms with Crippen molar-refractivity contribution in [3.8, 4) is 10.6 Å². The van der Waals surface area contributed by atoms with Gasteiger partial charge >= 0.3 is 6.18 Å². The van der Waals surface area contributed by atoms with E-state index in [1.165, 1.54) is 28.3 Å². The van der Waals surface area contributed by atoms with Crippen LogP contribution >= 0.6 is 23.1 Å². The number of alkyl halides is 3. The summed E-state index contributed by atoms with van der Waals surface area (Å²) in [6.07, 6.45) is -2.05. The predicted octanol–water partition coefficient (Wildman–Crippen LogP) is 6.79. The Kier molecular flexibility index (Phi) is 5.38. The highest BCUT2D eigenvalue weighted by Crippen LogP contribution is 2.36. The van der Waals surface area contributed by atoms with Crippen LogP contribution < -0.4 is 5.32 Å². The molecule has 0 fully saturated rings. The Bertz CT molecular complexity index is 978. The summed E-state index contributed by atoms with van der Waals surface area (Å²) in [4.78, 5) is 6.95. The number of hydrogen-bond donors (Lipinski definition) is 1. The highest BCUT2D eigenvalue weighted by atomic mass is 32.2. The molecular weight excluding hydrogens is 401 g/mol. The maximum absolute atomic E-state index is 12.7. The van der Waals surface area contributed by atoms with Crippen molar-refractivity contribution in [1.82, 2.24) is 4.98 Å². The number of fused-ring (bicyclic) bond motifs is 1. The van der Waals surface area contributed by atoms with Crippen molar-refractivity contribution >= 4 is 28.8 Å². The van der Waals surface area contributed by atoms with Gasteiger partial charge in [-0.25, -0.2) is 4.98 Å². The van der Waals surface area contributed by atoms with Gasteiger partial charge in [0.25, 0.3) is 0 Å². The number of benzene rings is 2.